The first kappa shape index (κ1) is 21.3. The number of carbonyl (C=O) groups is 2. The Morgan fingerprint density at radius 3 is 2.57 bits per heavy atom. The van der Waals surface area contributed by atoms with Gasteiger partial charge < -0.3 is 20.7 Å². The number of halogens is 3. The van der Waals surface area contributed by atoms with Crippen molar-refractivity contribution < 1.29 is 28.9 Å². The molecule has 0 spiro atoms. The van der Waals surface area contributed by atoms with Crippen molar-refractivity contribution in [2.24, 2.45) is 0 Å². The molecule has 0 radical (unpaired) electrons. The fourth-order valence-corrected chi connectivity index (χ4v) is 3.12. The molecule has 0 aliphatic rings. The fourth-order valence-electron chi connectivity index (χ4n) is 2.55. The van der Waals surface area contributed by atoms with Gasteiger partial charge in [0.25, 0.3) is 5.88 Å². The molecule has 0 saturated heterocycles. The van der Waals surface area contributed by atoms with E-state index < -0.39 is 28.9 Å². The van der Waals surface area contributed by atoms with Crippen molar-refractivity contribution in [3.05, 3.63) is 69.6 Å². The summed E-state index contributed by atoms with van der Waals surface area (Å²) in [5.41, 5.74) is 5.99. The number of aromatic carboxylic acids is 1. The minimum absolute atomic E-state index is 0.00957. The molecule has 2 aromatic carbocycles. The van der Waals surface area contributed by atoms with Gasteiger partial charge in [-0.3, -0.25) is 0 Å². The zero-order valence-electron chi connectivity index (χ0n) is 14.8. The van der Waals surface area contributed by atoms with E-state index in [4.69, 9.17) is 38.8 Å². The van der Waals surface area contributed by atoms with Crippen molar-refractivity contribution in [2.45, 2.75) is 6.10 Å². The van der Waals surface area contributed by atoms with E-state index in [1.54, 1.807) is 6.07 Å². The second-order valence-electron chi connectivity index (χ2n) is 5.92. The van der Waals surface area contributed by atoms with Crippen LogP contribution >= 0.6 is 23.2 Å². The van der Waals surface area contributed by atoms with E-state index in [1.165, 1.54) is 24.4 Å². The normalized spacial score (nSPS) is 11.7. The predicted octanol–water partition coefficient (Wildman–Crippen LogP) is 4.07. The number of hydrogen-bond donors (Lipinski definition) is 3. The monoisotopic (exact) mass is 451 g/mol. The highest BCUT2D eigenvalue weighted by atomic mass is 35.5. The van der Waals surface area contributed by atoms with Gasteiger partial charge in [-0.05, 0) is 24.3 Å². The maximum absolute atomic E-state index is 13.8. The van der Waals surface area contributed by atoms with Gasteiger partial charge in [0.05, 0.1) is 22.5 Å². The van der Waals surface area contributed by atoms with Gasteiger partial charge in [-0.15, -0.1) is 0 Å². The molecule has 1 heterocycles. The van der Waals surface area contributed by atoms with Crippen LogP contribution in [0.3, 0.4) is 0 Å². The van der Waals surface area contributed by atoms with Crippen LogP contribution in [0.4, 0.5) is 10.2 Å². The molecule has 1 aromatic heterocycles. The number of nitrogens with two attached hydrogens (primary N) is 1. The molecular weight excluding hydrogens is 440 g/mol. The molecule has 1 unspecified atom stereocenters. The van der Waals surface area contributed by atoms with Crippen LogP contribution in [0.25, 0.3) is 11.3 Å². The molecule has 0 aliphatic heterocycles. The molecule has 3 rings (SSSR count). The van der Waals surface area contributed by atoms with Crippen molar-refractivity contribution in [2.75, 3.05) is 5.73 Å². The van der Waals surface area contributed by atoms with Crippen LogP contribution in [0.1, 0.15) is 22.0 Å². The lowest BCUT2D eigenvalue weighted by Gasteiger charge is -2.18. The Balaban J connectivity index is 2.05. The van der Waals surface area contributed by atoms with Crippen molar-refractivity contribution in [3.8, 4) is 17.1 Å². The molecule has 4 N–H and O–H groups in total. The van der Waals surface area contributed by atoms with Crippen LogP contribution in [-0.2, 0) is 4.79 Å². The number of anilines is 1. The second-order valence-corrected chi connectivity index (χ2v) is 6.71. The van der Waals surface area contributed by atoms with E-state index in [-0.39, 0.29) is 33.5 Å². The summed E-state index contributed by atoms with van der Waals surface area (Å²) in [6.45, 7) is 0. The standard InChI is InChI=1S/C19H12Cl2FN3O5/c20-10-4-5-11(22)14(21)13(10)15(19(28)29)30-17-16(23)24-7-12(25-17)8-2-1-3-9(6-8)18(26)27/h1-7,15H,(H2,23,24)(H,26,27)(H,28,29). The van der Waals surface area contributed by atoms with Crippen molar-refractivity contribution >= 4 is 41.0 Å². The number of aromatic nitrogens is 2. The highest BCUT2D eigenvalue weighted by molar-refractivity contribution is 6.36. The van der Waals surface area contributed by atoms with Crippen molar-refractivity contribution in [1.29, 1.82) is 0 Å². The Hall–Kier alpha value is -3.43. The Kier molecular flexibility index (Phi) is 6.04. The van der Waals surface area contributed by atoms with Gasteiger partial charge >= 0.3 is 11.9 Å². The molecule has 11 heteroatoms. The zero-order chi connectivity index (χ0) is 22.0. The molecule has 0 bridgehead atoms. The number of rotatable bonds is 6. The number of nitrogen functional groups attached to an aromatic ring is 1. The maximum Gasteiger partial charge on any atom is 0.349 e. The molecule has 0 amide bonds. The number of aliphatic carboxylic acids is 1. The third kappa shape index (κ3) is 4.27. The number of benzene rings is 2. The van der Waals surface area contributed by atoms with Gasteiger partial charge in [-0.25, -0.2) is 23.9 Å². The van der Waals surface area contributed by atoms with E-state index >= 15 is 0 Å². The van der Waals surface area contributed by atoms with Crippen LogP contribution in [0.2, 0.25) is 10.0 Å². The van der Waals surface area contributed by atoms with Gasteiger partial charge in [0.15, 0.2) is 5.82 Å². The molecule has 3 aromatic rings. The zero-order valence-corrected chi connectivity index (χ0v) is 16.4. The van der Waals surface area contributed by atoms with Gasteiger partial charge in [-0.1, -0.05) is 35.3 Å². The summed E-state index contributed by atoms with van der Waals surface area (Å²) in [7, 11) is 0. The third-order valence-corrected chi connectivity index (χ3v) is 4.68. The number of carboxylic acids is 2. The largest absolute Gasteiger partial charge is 0.478 e. The van der Waals surface area contributed by atoms with Crippen LogP contribution in [0, 0.1) is 5.82 Å². The van der Waals surface area contributed by atoms with E-state index in [0.717, 1.165) is 12.1 Å². The van der Waals surface area contributed by atoms with Gasteiger partial charge in [0.2, 0.25) is 6.10 Å². The molecule has 0 aliphatic carbocycles. The first-order valence-corrected chi connectivity index (χ1v) is 8.93. The number of ether oxygens (including phenoxy) is 1. The van der Waals surface area contributed by atoms with Gasteiger partial charge in [0, 0.05) is 16.1 Å². The van der Waals surface area contributed by atoms with Crippen LogP contribution in [-0.4, -0.2) is 32.1 Å². The number of hydrogen-bond acceptors (Lipinski definition) is 6. The van der Waals surface area contributed by atoms with Crippen molar-refractivity contribution in [1.82, 2.24) is 9.97 Å². The molecule has 8 nitrogen and oxygen atoms in total. The molecule has 1 atom stereocenters. The van der Waals surface area contributed by atoms with Crippen LogP contribution in [0.5, 0.6) is 5.88 Å². The Morgan fingerprint density at radius 1 is 1.17 bits per heavy atom. The van der Waals surface area contributed by atoms with Gasteiger partial charge in [0.1, 0.15) is 5.82 Å². The summed E-state index contributed by atoms with van der Waals surface area (Å²) in [5.74, 6) is -4.17. The minimum atomic E-state index is -1.84. The molecule has 154 valence electrons. The Morgan fingerprint density at radius 2 is 1.90 bits per heavy atom. The van der Waals surface area contributed by atoms with Crippen molar-refractivity contribution in [3.63, 3.8) is 0 Å². The van der Waals surface area contributed by atoms with Crippen LogP contribution in [0.15, 0.2) is 42.6 Å². The molecule has 0 saturated carbocycles. The second kappa shape index (κ2) is 8.52. The third-order valence-electron chi connectivity index (χ3n) is 3.97. The lowest BCUT2D eigenvalue weighted by atomic mass is 10.1. The predicted molar refractivity (Wildman–Crippen MR) is 106 cm³/mol. The number of carboxylic acid groups (broad SMARTS) is 2. The minimum Gasteiger partial charge on any atom is -0.478 e. The summed E-state index contributed by atoms with van der Waals surface area (Å²) in [4.78, 5) is 31.0. The smallest absolute Gasteiger partial charge is 0.349 e. The molecule has 0 fully saturated rings. The summed E-state index contributed by atoms with van der Waals surface area (Å²) in [6, 6.07) is 7.94. The summed E-state index contributed by atoms with van der Waals surface area (Å²) >= 11 is 11.9. The van der Waals surface area contributed by atoms with E-state index in [2.05, 4.69) is 9.97 Å². The lowest BCUT2D eigenvalue weighted by Crippen LogP contribution is -2.21. The topological polar surface area (TPSA) is 136 Å². The summed E-state index contributed by atoms with van der Waals surface area (Å²) in [6.07, 6.45) is -0.570. The SMILES string of the molecule is Nc1ncc(-c2cccc(C(=O)O)c2)nc1OC(C(=O)O)c1c(Cl)ccc(F)c1Cl. The summed E-state index contributed by atoms with van der Waals surface area (Å²) < 4.78 is 19.2. The van der Waals surface area contributed by atoms with Gasteiger partial charge in [-0.2, -0.15) is 0 Å². The average Bonchev–Trinajstić information content (AvgIpc) is 2.71. The van der Waals surface area contributed by atoms with E-state index in [9.17, 15) is 19.1 Å². The maximum atomic E-state index is 13.8. The Bertz CT molecular complexity index is 1160. The summed E-state index contributed by atoms with van der Waals surface area (Å²) in [5, 5.41) is 18.1. The average molecular weight is 452 g/mol. The van der Waals surface area contributed by atoms with E-state index in [0.29, 0.717) is 5.56 Å². The molecular formula is C19H12Cl2FN3O5. The van der Waals surface area contributed by atoms with Crippen LogP contribution < -0.4 is 10.5 Å². The first-order valence-electron chi connectivity index (χ1n) is 8.18. The lowest BCUT2D eigenvalue weighted by molar-refractivity contribution is -0.145. The fraction of sp³-hybridized carbons (Fsp3) is 0.0526. The Labute approximate surface area is 178 Å². The quantitative estimate of drug-likeness (QED) is 0.477. The number of nitrogens with zero attached hydrogens (tertiary/aromatic N) is 2. The molecule has 30 heavy (non-hydrogen) atoms. The highest BCUT2D eigenvalue weighted by Crippen LogP contribution is 2.36. The highest BCUT2D eigenvalue weighted by Gasteiger charge is 2.30. The van der Waals surface area contributed by atoms with E-state index in [1.807, 2.05) is 0 Å². The first-order chi connectivity index (χ1) is 14.2.